The summed E-state index contributed by atoms with van der Waals surface area (Å²) in [5.41, 5.74) is 1.21. The van der Waals surface area contributed by atoms with Crippen LogP contribution >= 0.6 is 11.3 Å². The minimum absolute atomic E-state index is 0.0612. The summed E-state index contributed by atoms with van der Waals surface area (Å²) in [6.07, 6.45) is 0. The molecule has 0 bridgehead atoms. The van der Waals surface area contributed by atoms with Crippen LogP contribution in [-0.4, -0.2) is 40.5 Å². The maximum Gasteiger partial charge on any atom is 0.338 e. The Morgan fingerprint density at radius 1 is 1.03 bits per heavy atom. The normalized spacial score (nSPS) is 12.6. The van der Waals surface area contributed by atoms with Crippen LogP contribution in [0, 0.1) is 6.92 Å². The van der Waals surface area contributed by atoms with E-state index in [2.05, 4.69) is 15.5 Å². The van der Waals surface area contributed by atoms with Gasteiger partial charge in [0.15, 0.2) is 6.61 Å². The summed E-state index contributed by atoms with van der Waals surface area (Å²) in [7, 11) is 0. The van der Waals surface area contributed by atoms with Gasteiger partial charge in [-0.2, -0.15) is 0 Å². The first kappa shape index (κ1) is 20.4. The SMILES string of the molecule is Cc1nnc(N2C(=O)c3ccc(C(=O)OCC(=O)NCc4ccccc4)cc3C2=O)s1. The smallest absolute Gasteiger partial charge is 0.338 e. The third-order valence-corrected chi connectivity index (χ3v) is 5.32. The molecule has 9 nitrogen and oxygen atoms in total. The van der Waals surface area contributed by atoms with Crippen LogP contribution < -0.4 is 10.2 Å². The van der Waals surface area contributed by atoms with Gasteiger partial charge in [-0.3, -0.25) is 14.4 Å². The average Bonchev–Trinajstić information content (AvgIpc) is 3.31. The molecule has 31 heavy (non-hydrogen) atoms. The van der Waals surface area contributed by atoms with Gasteiger partial charge in [0.2, 0.25) is 5.13 Å². The second kappa shape index (κ2) is 8.44. The van der Waals surface area contributed by atoms with Crippen LogP contribution in [0.25, 0.3) is 0 Å². The fraction of sp³-hybridized carbons (Fsp3) is 0.143. The van der Waals surface area contributed by atoms with Crippen molar-refractivity contribution < 1.29 is 23.9 Å². The number of hydrogen-bond donors (Lipinski definition) is 1. The van der Waals surface area contributed by atoms with Crippen LogP contribution in [0.3, 0.4) is 0 Å². The molecule has 2 heterocycles. The monoisotopic (exact) mass is 436 g/mol. The molecule has 0 spiro atoms. The van der Waals surface area contributed by atoms with Gasteiger partial charge in [-0.1, -0.05) is 41.7 Å². The molecule has 3 amide bonds. The van der Waals surface area contributed by atoms with E-state index in [1.54, 1.807) is 6.92 Å². The van der Waals surface area contributed by atoms with Crippen molar-refractivity contribution in [2.45, 2.75) is 13.5 Å². The molecule has 0 atom stereocenters. The minimum Gasteiger partial charge on any atom is -0.452 e. The summed E-state index contributed by atoms with van der Waals surface area (Å²) in [6, 6.07) is 13.4. The predicted molar refractivity (Wildman–Crippen MR) is 111 cm³/mol. The van der Waals surface area contributed by atoms with Gasteiger partial charge < -0.3 is 10.1 Å². The summed E-state index contributed by atoms with van der Waals surface area (Å²) in [5.74, 6) is -2.35. The number of ether oxygens (including phenoxy) is 1. The van der Waals surface area contributed by atoms with Crippen LogP contribution in [0.2, 0.25) is 0 Å². The Bertz CT molecular complexity index is 1190. The van der Waals surface area contributed by atoms with E-state index < -0.39 is 30.3 Å². The molecule has 3 aromatic rings. The Kier molecular flexibility index (Phi) is 5.54. The van der Waals surface area contributed by atoms with Gasteiger partial charge in [0.1, 0.15) is 5.01 Å². The lowest BCUT2D eigenvalue weighted by Gasteiger charge is -2.07. The van der Waals surface area contributed by atoms with E-state index in [0.717, 1.165) is 21.8 Å². The molecule has 2 aromatic carbocycles. The summed E-state index contributed by atoms with van der Waals surface area (Å²) in [5, 5.41) is 11.1. The Balaban J connectivity index is 1.40. The molecule has 0 unspecified atom stereocenters. The number of esters is 1. The van der Waals surface area contributed by atoms with Gasteiger partial charge in [-0.05, 0) is 30.7 Å². The van der Waals surface area contributed by atoms with Gasteiger partial charge in [0, 0.05) is 6.54 Å². The molecule has 0 saturated heterocycles. The largest absolute Gasteiger partial charge is 0.452 e. The Labute approximate surface area is 180 Å². The molecule has 0 radical (unpaired) electrons. The molecule has 1 aliphatic rings. The molecule has 0 saturated carbocycles. The number of nitrogens with zero attached hydrogens (tertiary/aromatic N) is 3. The Morgan fingerprint density at radius 3 is 2.48 bits per heavy atom. The van der Waals surface area contributed by atoms with Crippen molar-refractivity contribution in [2.24, 2.45) is 0 Å². The van der Waals surface area contributed by atoms with Crippen molar-refractivity contribution in [3.05, 3.63) is 75.8 Å². The minimum atomic E-state index is -0.775. The highest BCUT2D eigenvalue weighted by Gasteiger charge is 2.39. The van der Waals surface area contributed by atoms with Gasteiger partial charge >= 0.3 is 5.97 Å². The molecular formula is C21H16N4O5S. The fourth-order valence-corrected chi connectivity index (χ4v) is 3.66. The highest BCUT2D eigenvalue weighted by atomic mass is 32.1. The highest BCUT2D eigenvalue weighted by molar-refractivity contribution is 7.15. The first-order valence-corrected chi connectivity index (χ1v) is 10.1. The zero-order valence-electron chi connectivity index (χ0n) is 16.3. The Hall–Kier alpha value is -3.92. The maximum absolute atomic E-state index is 12.7. The number of nitrogens with one attached hydrogen (secondary N) is 1. The lowest BCUT2D eigenvalue weighted by molar-refractivity contribution is -0.124. The van der Waals surface area contributed by atoms with E-state index in [1.165, 1.54) is 18.2 Å². The molecule has 1 aliphatic heterocycles. The van der Waals surface area contributed by atoms with E-state index >= 15 is 0 Å². The van der Waals surface area contributed by atoms with E-state index in [9.17, 15) is 19.2 Å². The Morgan fingerprint density at radius 2 is 1.77 bits per heavy atom. The van der Waals surface area contributed by atoms with E-state index in [-0.39, 0.29) is 21.8 Å². The molecular weight excluding hydrogens is 420 g/mol. The zero-order chi connectivity index (χ0) is 22.0. The van der Waals surface area contributed by atoms with Crippen LogP contribution in [0.4, 0.5) is 5.13 Å². The number of carbonyl (C=O) groups is 4. The van der Waals surface area contributed by atoms with Crippen LogP contribution in [0.1, 0.15) is 41.6 Å². The second-order valence-corrected chi connectivity index (χ2v) is 7.81. The number of carbonyl (C=O) groups excluding carboxylic acids is 4. The van der Waals surface area contributed by atoms with Crippen molar-refractivity contribution in [2.75, 3.05) is 11.5 Å². The average molecular weight is 436 g/mol. The number of benzene rings is 2. The topological polar surface area (TPSA) is 119 Å². The summed E-state index contributed by atoms with van der Waals surface area (Å²) < 4.78 is 5.03. The molecule has 0 aliphatic carbocycles. The third-order valence-electron chi connectivity index (χ3n) is 4.50. The quantitative estimate of drug-likeness (QED) is 0.464. The predicted octanol–water partition coefficient (Wildman–Crippen LogP) is 2.12. The van der Waals surface area contributed by atoms with Crippen molar-refractivity contribution in [3.63, 3.8) is 0 Å². The number of rotatable bonds is 6. The maximum atomic E-state index is 12.7. The zero-order valence-corrected chi connectivity index (χ0v) is 17.1. The molecule has 1 aromatic heterocycles. The number of fused-ring (bicyclic) bond motifs is 1. The van der Waals surface area contributed by atoms with Crippen LogP contribution in [0.15, 0.2) is 48.5 Å². The van der Waals surface area contributed by atoms with E-state index in [0.29, 0.717) is 11.6 Å². The number of anilines is 1. The van der Waals surface area contributed by atoms with Gasteiger partial charge in [0.05, 0.1) is 16.7 Å². The summed E-state index contributed by atoms with van der Waals surface area (Å²) >= 11 is 1.11. The summed E-state index contributed by atoms with van der Waals surface area (Å²) in [6.45, 7) is 1.56. The third kappa shape index (κ3) is 4.19. The molecule has 0 fully saturated rings. The van der Waals surface area contributed by atoms with Gasteiger partial charge in [-0.15, -0.1) is 10.2 Å². The highest BCUT2D eigenvalue weighted by Crippen LogP contribution is 2.30. The lowest BCUT2D eigenvalue weighted by Crippen LogP contribution is -2.29. The number of aromatic nitrogens is 2. The van der Waals surface area contributed by atoms with Crippen molar-refractivity contribution in [3.8, 4) is 0 Å². The molecule has 10 heteroatoms. The van der Waals surface area contributed by atoms with Crippen molar-refractivity contribution >= 4 is 40.2 Å². The molecule has 4 rings (SSSR count). The standard InChI is InChI=1S/C21H16N4O5S/c1-12-23-24-21(31-12)25-18(27)15-8-7-14(9-16(15)19(25)28)20(29)30-11-17(26)22-10-13-5-3-2-4-6-13/h2-9H,10-11H2,1H3,(H,22,26). The first-order chi connectivity index (χ1) is 14.9. The number of aryl methyl sites for hydroxylation is 1. The van der Waals surface area contributed by atoms with Crippen LogP contribution in [0.5, 0.6) is 0 Å². The van der Waals surface area contributed by atoms with E-state index in [1.807, 2.05) is 30.3 Å². The van der Waals surface area contributed by atoms with Crippen molar-refractivity contribution in [1.29, 1.82) is 0 Å². The number of hydrogen-bond acceptors (Lipinski definition) is 8. The molecule has 156 valence electrons. The molecule has 1 N–H and O–H groups in total. The lowest BCUT2D eigenvalue weighted by atomic mass is 10.1. The van der Waals surface area contributed by atoms with Gasteiger partial charge in [0.25, 0.3) is 17.7 Å². The van der Waals surface area contributed by atoms with Crippen molar-refractivity contribution in [1.82, 2.24) is 15.5 Å². The summed E-state index contributed by atoms with van der Waals surface area (Å²) in [4.78, 5) is 50.5. The number of amides is 3. The second-order valence-electron chi connectivity index (χ2n) is 6.65. The number of imide groups is 1. The van der Waals surface area contributed by atoms with Gasteiger partial charge in [-0.25, -0.2) is 9.69 Å². The van der Waals surface area contributed by atoms with E-state index in [4.69, 9.17) is 4.74 Å². The first-order valence-electron chi connectivity index (χ1n) is 9.24. The van der Waals surface area contributed by atoms with Crippen LogP contribution in [-0.2, 0) is 16.1 Å². The fourth-order valence-electron chi connectivity index (χ4n) is 2.98.